The third-order valence-corrected chi connectivity index (χ3v) is 3.85. The third-order valence-electron chi connectivity index (χ3n) is 3.85. The van der Waals surface area contributed by atoms with Crippen molar-refractivity contribution in [2.75, 3.05) is 0 Å². The normalized spacial score (nSPS) is 11.5. The Hall–Kier alpha value is -3.48. The highest BCUT2D eigenvalue weighted by atomic mass is 15.1. The molecule has 5 aromatic rings. The van der Waals surface area contributed by atoms with Gasteiger partial charge in [-0.05, 0) is 18.2 Å². The summed E-state index contributed by atoms with van der Waals surface area (Å²) in [6.07, 6.45) is 5.33. The molecule has 0 aliphatic carbocycles. The first kappa shape index (κ1) is 12.1. The van der Waals surface area contributed by atoms with Crippen LogP contribution in [0.25, 0.3) is 44.7 Å². The fourth-order valence-electron chi connectivity index (χ4n) is 2.71. The van der Waals surface area contributed by atoms with E-state index in [-0.39, 0.29) is 0 Å². The number of hydrogen-bond donors (Lipinski definition) is 3. The zero-order valence-electron chi connectivity index (χ0n) is 11.9. The van der Waals surface area contributed by atoms with Crippen molar-refractivity contribution in [3.63, 3.8) is 0 Å². The molecule has 7 heteroatoms. The summed E-state index contributed by atoms with van der Waals surface area (Å²) >= 11 is 0. The molecule has 0 saturated heterocycles. The molecule has 0 radical (unpaired) electrons. The number of aromatic nitrogens is 7. The van der Waals surface area contributed by atoms with Crippen molar-refractivity contribution >= 4 is 21.9 Å². The Balaban J connectivity index is 1.73. The molecule has 0 aliphatic heterocycles. The second-order valence-electron chi connectivity index (χ2n) is 5.28. The lowest BCUT2D eigenvalue weighted by Crippen LogP contribution is -1.84. The number of nitrogens with zero attached hydrogens (tertiary/aromatic N) is 4. The molecule has 7 nitrogen and oxygen atoms in total. The number of aromatic amines is 3. The van der Waals surface area contributed by atoms with Crippen LogP contribution in [-0.4, -0.2) is 35.3 Å². The first-order valence-corrected chi connectivity index (χ1v) is 7.17. The van der Waals surface area contributed by atoms with Crippen LogP contribution in [0.1, 0.15) is 0 Å². The van der Waals surface area contributed by atoms with Gasteiger partial charge in [-0.1, -0.05) is 12.1 Å². The third kappa shape index (κ3) is 1.83. The molecule has 0 saturated carbocycles. The zero-order chi connectivity index (χ0) is 15.2. The van der Waals surface area contributed by atoms with E-state index in [0.717, 1.165) is 44.7 Å². The minimum atomic E-state index is 0.738. The molecule has 0 unspecified atom stereocenters. The highest BCUT2D eigenvalue weighted by Gasteiger charge is 2.14. The van der Waals surface area contributed by atoms with Gasteiger partial charge in [0.25, 0.3) is 0 Å². The van der Waals surface area contributed by atoms with E-state index in [2.05, 4.69) is 35.3 Å². The van der Waals surface area contributed by atoms with Crippen molar-refractivity contribution in [1.29, 1.82) is 0 Å². The molecule has 0 amide bonds. The van der Waals surface area contributed by atoms with Crippen LogP contribution in [0.5, 0.6) is 0 Å². The number of benzene rings is 1. The summed E-state index contributed by atoms with van der Waals surface area (Å²) in [6.45, 7) is 0. The monoisotopic (exact) mass is 301 g/mol. The van der Waals surface area contributed by atoms with Gasteiger partial charge in [-0.2, -0.15) is 10.2 Å². The second kappa shape index (κ2) is 4.51. The number of rotatable bonds is 2. The Morgan fingerprint density at radius 3 is 2.83 bits per heavy atom. The molecule has 1 aromatic carbocycles. The summed E-state index contributed by atoms with van der Waals surface area (Å²) in [4.78, 5) is 12.4. The number of H-pyrrole nitrogens is 3. The van der Waals surface area contributed by atoms with Gasteiger partial charge < -0.3 is 4.98 Å². The maximum Gasteiger partial charge on any atom is 0.159 e. The predicted octanol–water partition coefficient (Wildman–Crippen LogP) is 2.89. The summed E-state index contributed by atoms with van der Waals surface area (Å²) in [6, 6.07) is 9.92. The van der Waals surface area contributed by atoms with Gasteiger partial charge >= 0.3 is 0 Å². The highest BCUT2D eigenvalue weighted by molar-refractivity contribution is 5.94. The van der Waals surface area contributed by atoms with E-state index < -0.39 is 0 Å². The number of pyridine rings is 1. The highest BCUT2D eigenvalue weighted by Crippen LogP contribution is 2.28. The first-order chi connectivity index (χ1) is 11.4. The molecular weight excluding hydrogens is 290 g/mol. The standard InChI is InChI=1S/C16H11N7/c1-2-4-12-11(3-1)20-16(21-12)15-10-5-13(9-6-18-19-7-9)17-8-14(10)22-23-15/h1-8H,(H,18,19)(H,20,21)(H,22,23). The molecule has 4 aromatic heterocycles. The number of para-hydroxylation sites is 2. The molecule has 110 valence electrons. The van der Waals surface area contributed by atoms with E-state index in [1.807, 2.05) is 36.5 Å². The molecule has 5 rings (SSSR count). The summed E-state index contributed by atoms with van der Waals surface area (Å²) in [7, 11) is 0. The van der Waals surface area contributed by atoms with Gasteiger partial charge in [0.15, 0.2) is 5.82 Å². The van der Waals surface area contributed by atoms with E-state index in [4.69, 9.17) is 0 Å². The minimum Gasteiger partial charge on any atom is -0.337 e. The van der Waals surface area contributed by atoms with Crippen LogP contribution in [0.2, 0.25) is 0 Å². The fourth-order valence-corrected chi connectivity index (χ4v) is 2.71. The first-order valence-electron chi connectivity index (χ1n) is 7.17. The summed E-state index contributed by atoms with van der Waals surface area (Å²) < 4.78 is 0. The zero-order valence-corrected chi connectivity index (χ0v) is 11.9. The quantitative estimate of drug-likeness (QED) is 0.467. The lowest BCUT2D eigenvalue weighted by atomic mass is 10.1. The van der Waals surface area contributed by atoms with E-state index in [1.165, 1.54) is 0 Å². The number of nitrogens with one attached hydrogen (secondary N) is 3. The van der Waals surface area contributed by atoms with Crippen LogP contribution >= 0.6 is 0 Å². The summed E-state index contributed by atoms with van der Waals surface area (Å²) in [5, 5.41) is 15.1. The molecular formula is C16H11N7. The Bertz CT molecular complexity index is 1080. The molecule has 0 atom stereocenters. The fraction of sp³-hybridized carbons (Fsp3) is 0. The molecule has 3 N–H and O–H groups in total. The predicted molar refractivity (Wildman–Crippen MR) is 86.6 cm³/mol. The van der Waals surface area contributed by atoms with Gasteiger partial charge in [-0.25, -0.2) is 4.98 Å². The number of imidazole rings is 1. The summed E-state index contributed by atoms with van der Waals surface area (Å²) in [5.74, 6) is 0.738. The molecule has 4 heterocycles. The van der Waals surface area contributed by atoms with Crippen LogP contribution in [0.4, 0.5) is 0 Å². The van der Waals surface area contributed by atoms with Crippen LogP contribution in [-0.2, 0) is 0 Å². The second-order valence-corrected chi connectivity index (χ2v) is 5.28. The van der Waals surface area contributed by atoms with Crippen molar-refractivity contribution in [2.24, 2.45) is 0 Å². The van der Waals surface area contributed by atoms with Crippen molar-refractivity contribution in [3.05, 3.63) is 48.9 Å². The van der Waals surface area contributed by atoms with E-state index >= 15 is 0 Å². The topological polar surface area (TPSA) is 98.9 Å². The molecule has 0 spiro atoms. The molecule has 0 fully saturated rings. The Kier molecular flexibility index (Phi) is 2.37. The van der Waals surface area contributed by atoms with Gasteiger partial charge in [0, 0.05) is 17.1 Å². The van der Waals surface area contributed by atoms with Gasteiger partial charge in [-0.3, -0.25) is 15.2 Å². The van der Waals surface area contributed by atoms with Crippen molar-refractivity contribution < 1.29 is 0 Å². The lowest BCUT2D eigenvalue weighted by molar-refractivity contribution is 1.09. The van der Waals surface area contributed by atoms with Crippen molar-refractivity contribution in [1.82, 2.24) is 35.3 Å². The van der Waals surface area contributed by atoms with Crippen LogP contribution < -0.4 is 0 Å². The Labute approximate surface area is 129 Å². The van der Waals surface area contributed by atoms with Crippen LogP contribution in [0, 0.1) is 0 Å². The average Bonchev–Trinajstić information content (AvgIpc) is 3.32. The molecule has 0 aliphatic rings. The van der Waals surface area contributed by atoms with Crippen molar-refractivity contribution in [2.45, 2.75) is 0 Å². The lowest BCUT2D eigenvalue weighted by Gasteiger charge is -1.97. The van der Waals surface area contributed by atoms with Gasteiger partial charge in [0.2, 0.25) is 0 Å². The Morgan fingerprint density at radius 1 is 1.00 bits per heavy atom. The van der Waals surface area contributed by atoms with Crippen molar-refractivity contribution in [3.8, 4) is 22.8 Å². The van der Waals surface area contributed by atoms with E-state index in [9.17, 15) is 0 Å². The number of fused-ring (bicyclic) bond motifs is 2. The van der Waals surface area contributed by atoms with E-state index in [0.29, 0.717) is 0 Å². The maximum atomic E-state index is 4.62. The van der Waals surface area contributed by atoms with Crippen LogP contribution in [0.3, 0.4) is 0 Å². The number of hydrogen-bond acceptors (Lipinski definition) is 4. The Morgan fingerprint density at radius 2 is 1.96 bits per heavy atom. The van der Waals surface area contributed by atoms with Gasteiger partial charge in [-0.15, -0.1) is 0 Å². The van der Waals surface area contributed by atoms with E-state index in [1.54, 1.807) is 12.4 Å². The smallest absolute Gasteiger partial charge is 0.159 e. The SMILES string of the molecule is c1ccc2[nH]c(-c3n[nH]c4cnc(-c5cn[nH]c5)cc34)nc2c1. The van der Waals surface area contributed by atoms with Gasteiger partial charge in [0.05, 0.1) is 34.6 Å². The van der Waals surface area contributed by atoms with Gasteiger partial charge in [0.1, 0.15) is 5.69 Å². The average molecular weight is 301 g/mol. The summed E-state index contributed by atoms with van der Waals surface area (Å²) in [5.41, 5.74) is 5.33. The minimum absolute atomic E-state index is 0.738. The molecule has 0 bridgehead atoms. The van der Waals surface area contributed by atoms with Crippen LogP contribution in [0.15, 0.2) is 48.9 Å². The largest absolute Gasteiger partial charge is 0.337 e. The maximum absolute atomic E-state index is 4.62. The molecule has 23 heavy (non-hydrogen) atoms.